The minimum Gasteiger partial charge on any atom is -0.469 e. The molecule has 172 valence electrons. The first-order valence-electron chi connectivity index (χ1n) is 11.1. The molecule has 2 aliphatic rings. The summed E-state index contributed by atoms with van der Waals surface area (Å²) in [5, 5.41) is 0.873. The van der Waals surface area contributed by atoms with Crippen LogP contribution in [0.2, 0.25) is 0 Å². The number of rotatable bonds is 4. The number of carbonyl (C=O) groups is 2. The molecule has 0 unspecified atom stereocenters. The van der Waals surface area contributed by atoms with Gasteiger partial charge in [0.25, 0.3) is 10.0 Å². The molecule has 8 heteroatoms. The van der Waals surface area contributed by atoms with E-state index in [2.05, 4.69) is 0 Å². The third-order valence-corrected chi connectivity index (χ3v) is 8.65. The first kappa shape index (κ1) is 21.7. The van der Waals surface area contributed by atoms with Gasteiger partial charge in [0.15, 0.2) is 0 Å². The van der Waals surface area contributed by atoms with Crippen LogP contribution in [0.5, 0.6) is 0 Å². The van der Waals surface area contributed by atoms with Crippen molar-refractivity contribution in [3.05, 3.63) is 65.4 Å². The van der Waals surface area contributed by atoms with Gasteiger partial charge in [-0.3, -0.25) is 9.59 Å². The molecule has 0 spiro atoms. The van der Waals surface area contributed by atoms with Crippen molar-refractivity contribution in [3.63, 3.8) is 0 Å². The highest BCUT2D eigenvalue weighted by Gasteiger charge is 2.45. The van der Waals surface area contributed by atoms with Crippen LogP contribution in [0.25, 0.3) is 10.9 Å². The van der Waals surface area contributed by atoms with Crippen LogP contribution in [0, 0.1) is 12.8 Å². The van der Waals surface area contributed by atoms with Crippen molar-refractivity contribution in [2.24, 2.45) is 5.92 Å². The molecular weight excluding hydrogens is 440 g/mol. The third kappa shape index (κ3) is 3.44. The van der Waals surface area contributed by atoms with Crippen molar-refractivity contribution < 1.29 is 22.7 Å². The van der Waals surface area contributed by atoms with Crippen molar-refractivity contribution in [2.75, 3.05) is 13.7 Å². The Kier molecular flexibility index (Phi) is 5.28. The Morgan fingerprint density at radius 1 is 1.09 bits per heavy atom. The van der Waals surface area contributed by atoms with Crippen LogP contribution in [0.15, 0.2) is 53.4 Å². The van der Waals surface area contributed by atoms with Gasteiger partial charge in [-0.05, 0) is 49.4 Å². The summed E-state index contributed by atoms with van der Waals surface area (Å²) in [6, 6.07) is 13.8. The quantitative estimate of drug-likeness (QED) is 0.549. The number of amides is 1. The second-order valence-electron chi connectivity index (χ2n) is 8.82. The molecule has 0 N–H and O–H groups in total. The number of piperidine rings is 1. The van der Waals surface area contributed by atoms with E-state index in [9.17, 15) is 18.0 Å². The number of aromatic nitrogens is 1. The number of carbonyl (C=O) groups excluding carboxylic acids is 2. The molecule has 5 rings (SSSR count). The van der Waals surface area contributed by atoms with Gasteiger partial charge in [0.2, 0.25) is 5.91 Å². The van der Waals surface area contributed by atoms with Crippen LogP contribution < -0.4 is 0 Å². The van der Waals surface area contributed by atoms with Gasteiger partial charge in [-0.25, -0.2) is 12.4 Å². The largest absolute Gasteiger partial charge is 0.469 e. The number of hydrogen-bond donors (Lipinski definition) is 0. The molecule has 2 aromatic carbocycles. The fourth-order valence-corrected chi connectivity index (χ4v) is 6.92. The number of nitrogens with zero attached hydrogens (tertiary/aromatic N) is 2. The van der Waals surface area contributed by atoms with Gasteiger partial charge < -0.3 is 9.64 Å². The fourth-order valence-electron chi connectivity index (χ4n) is 5.33. The monoisotopic (exact) mass is 466 g/mol. The lowest BCUT2D eigenvalue weighted by Crippen LogP contribution is -2.48. The zero-order valence-corrected chi connectivity index (χ0v) is 19.5. The summed E-state index contributed by atoms with van der Waals surface area (Å²) in [4.78, 5) is 27.0. The summed E-state index contributed by atoms with van der Waals surface area (Å²) in [5.74, 6) is -0.577. The summed E-state index contributed by atoms with van der Waals surface area (Å²) in [6.45, 7) is 2.42. The summed E-state index contributed by atoms with van der Waals surface area (Å²) >= 11 is 0. The number of fused-ring (bicyclic) bond motifs is 5. The second-order valence-corrected chi connectivity index (χ2v) is 10.6. The summed E-state index contributed by atoms with van der Waals surface area (Å²) < 4.78 is 34.3. The standard InChI is InChI=1S/C25H26N2O5S/c1-16-7-10-18(11-8-16)33(30,31)27-21-6-4-3-5-19(21)20-13-14-26-22(28)12-9-17(15-23(29)32-2)24(26)25(20)27/h3-8,10-11,17,24H,9,12-15H2,1-2H3/t17-,24+/m1/s1. The molecule has 0 bridgehead atoms. The molecule has 1 fully saturated rings. The molecule has 2 atom stereocenters. The van der Waals surface area contributed by atoms with Gasteiger partial charge in [-0.1, -0.05) is 35.9 Å². The number of hydrogen-bond acceptors (Lipinski definition) is 5. The Hall–Kier alpha value is -3.13. The lowest BCUT2D eigenvalue weighted by Gasteiger charge is -2.44. The topological polar surface area (TPSA) is 85.7 Å². The first-order valence-corrected chi connectivity index (χ1v) is 12.6. The van der Waals surface area contributed by atoms with E-state index in [0.717, 1.165) is 16.5 Å². The van der Waals surface area contributed by atoms with Crippen LogP contribution in [0.3, 0.4) is 0 Å². The van der Waals surface area contributed by atoms with E-state index in [0.29, 0.717) is 37.0 Å². The van der Waals surface area contributed by atoms with Gasteiger partial charge in [-0.15, -0.1) is 0 Å². The Bertz CT molecular complexity index is 1360. The molecule has 0 aliphatic carbocycles. The number of aryl methyl sites for hydroxylation is 1. The van der Waals surface area contributed by atoms with Crippen molar-refractivity contribution in [2.45, 2.75) is 43.5 Å². The van der Waals surface area contributed by atoms with Crippen molar-refractivity contribution in [3.8, 4) is 0 Å². The molecule has 0 radical (unpaired) electrons. The molecule has 1 amide bonds. The summed E-state index contributed by atoms with van der Waals surface area (Å²) in [5.41, 5.74) is 3.10. The highest BCUT2D eigenvalue weighted by atomic mass is 32.2. The molecule has 33 heavy (non-hydrogen) atoms. The van der Waals surface area contributed by atoms with E-state index in [1.165, 1.54) is 11.1 Å². The highest BCUT2D eigenvalue weighted by molar-refractivity contribution is 7.90. The molecule has 3 heterocycles. The van der Waals surface area contributed by atoms with E-state index in [1.54, 1.807) is 29.2 Å². The normalized spacial score (nSPS) is 20.4. The molecule has 3 aromatic rings. The SMILES string of the molecule is COC(=O)C[C@H]1CCC(=O)N2CCc3c(n(S(=O)(=O)c4ccc(C)cc4)c4ccccc34)[C@H]12. The first-order chi connectivity index (χ1) is 15.8. The van der Waals surface area contributed by atoms with Crippen molar-refractivity contribution in [1.82, 2.24) is 8.87 Å². The average Bonchev–Trinajstić information content (AvgIpc) is 3.16. The predicted molar refractivity (Wildman–Crippen MR) is 123 cm³/mol. The summed E-state index contributed by atoms with van der Waals surface area (Å²) in [7, 11) is -2.60. The molecule has 1 aromatic heterocycles. The van der Waals surface area contributed by atoms with E-state index in [4.69, 9.17) is 4.74 Å². The number of ether oxygens (including phenoxy) is 1. The maximum Gasteiger partial charge on any atom is 0.305 e. The fraction of sp³-hybridized carbons (Fsp3) is 0.360. The Morgan fingerprint density at radius 3 is 2.55 bits per heavy atom. The van der Waals surface area contributed by atoms with E-state index in [-0.39, 0.29) is 29.1 Å². The smallest absolute Gasteiger partial charge is 0.305 e. The maximum atomic E-state index is 14.0. The van der Waals surface area contributed by atoms with Crippen LogP contribution in [-0.2, 0) is 30.8 Å². The Morgan fingerprint density at radius 2 is 1.82 bits per heavy atom. The van der Waals surface area contributed by atoms with Gasteiger partial charge in [0.1, 0.15) is 0 Å². The van der Waals surface area contributed by atoms with Gasteiger partial charge in [0.05, 0.1) is 35.7 Å². The van der Waals surface area contributed by atoms with Crippen LogP contribution in [0.4, 0.5) is 0 Å². The number of esters is 1. The van der Waals surface area contributed by atoms with Gasteiger partial charge in [-0.2, -0.15) is 0 Å². The van der Waals surface area contributed by atoms with Gasteiger partial charge >= 0.3 is 5.97 Å². The van der Waals surface area contributed by atoms with Crippen LogP contribution in [-0.4, -0.2) is 42.8 Å². The lowest BCUT2D eigenvalue weighted by atomic mass is 9.80. The Balaban J connectivity index is 1.78. The number of benzene rings is 2. The zero-order valence-electron chi connectivity index (χ0n) is 18.7. The van der Waals surface area contributed by atoms with Crippen LogP contribution in [0.1, 0.15) is 42.1 Å². The molecule has 7 nitrogen and oxygen atoms in total. The Labute approximate surface area is 193 Å². The minimum atomic E-state index is -3.94. The van der Waals surface area contributed by atoms with E-state index >= 15 is 0 Å². The van der Waals surface area contributed by atoms with Crippen molar-refractivity contribution in [1.29, 1.82) is 0 Å². The third-order valence-electron chi connectivity index (χ3n) is 6.91. The van der Waals surface area contributed by atoms with E-state index in [1.807, 2.05) is 31.2 Å². The lowest BCUT2D eigenvalue weighted by molar-refractivity contribution is -0.147. The summed E-state index contributed by atoms with van der Waals surface area (Å²) in [6.07, 6.45) is 1.56. The highest BCUT2D eigenvalue weighted by Crippen LogP contribution is 2.46. The zero-order chi connectivity index (χ0) is 23.3. The van der Waals surface area contributed by atoms with E-state index < -0.39 is 16.1 Å². The van der Waals surface area contributed by atoms with Gasteiger partial charge in [0, 0.05) is 18.4 Å². The maximum absolute atomic E-state index is 14.0. The molecule has 0 saturated carbocycles. The predicted octanol–water partition coefficient (Wildman–Crippen LogP) is 3.59. The minimum absolute atomic E-state index is 0.00342. The molecular formula is C25H26N2O5S. The number of para-hydroxylation sites is 1. The van der Waals surface area contributed by atoms with Crippen molar-refractivity contribution >= 4 is 32.8 Å². The number of methoxy groups -OCH3 is 1. The van der Waals surface area contributed by atoms with Crippen LogP contribution >= 0.6 is 0 Å². The average molecular weight is 467 g/mol. The molecule has 2 aliphatic heterocycles. The second kappa shape index (κ2) is 8.02. The molecule has 1 saturated heterocycles.